The second-order valence-corrected chi connectivity index (χ2v) is 8.03. The number of fused-ring (bicyclic) bond motifs is 2. The van der Waals surface area contributed by atoms with Gasteiger partial charge in [0.25, 0.3) is 5.91 Å². The molecule has 2 amide bonds. The first-order valence-corrected chi connectivity index (χ1v) is 10.3. The van der Waals surface area contributed by atoms with Gasteiger partial charge in [0, 0.05) is 22.0 Å². The predicted octanol–water partition coefficient (Wildman–Crippen LogP) is 3.72. The highest BCUT2D eigenvalue weighted by atomic mass is 32.1. The van der Waals surface area contributed by atoms with Crippen LogP contribution in [0.15, 0.2) is 30.5 Å². The molecule has 1 aliphatic rings. The van der Waals surface area contributed by atoms with Crippen molar-refractivity contribution in [2.75, 3.05) is 11.9 Å². The molecule has 1 aliphatic carbocycles. The van der Waals surface area contributed by atoms with Crippen LogP contribution in [0, 0.1) is 0 Å². The summed E-state index contributed by atoms with van der Waals surface area (Å²) < 4.78 is 7.41. The van der Waals surface area contributed by atoms with Crippen molar-refractivity contribution in [3.05, 3.63) is 46.5 Å². The molecule has 0 unspecified atom stereocenters. The van der Waals surface area contributed by atoms with Crippen molar-refractivity contribution in [2.45, 2.75) is 39.2 Å². The van der Waals surface area contributed by atoms with Gasteiger partial charge in [-0.15, -0.1) is 11.3 Å². The highest BCUT2D eigenvalue weighted by Crippen LogP contribution is 2.38. The number of hydrogen-bond acceptors (Lipinski definition) is 4. The second-order valence-electron chi connectivity index (χ2n) is 6.92. The molecule has 0 aliphatic heterocycles. The van der Waals surface area contributed by atoms with Gasteiger partial charge in [-0.3, -0.25) is 9.59 Å². The van der Waals surface area contributed by atoms with Gasteiger partial charge >= 0.3 is 0 Å². The number of primary amides is 1. The number of hydrogen-bond donors (Lipinski definition) is 2. The van der Waals surface area contributed by atoms with Crippen LogP contribution in [-0.2, 0) is 24.2 Å². The minimum Gasteiger partial charge on any atom is -0.494 e. The Bertz CT molecular complexity index is 1050. The summed E-state index contributed by atoms with van der Waals surface area (Å²) in [6.45, 7) is 2.72. The van der Waals surface area contributed by atoms with E-state index in [-0.39, 0.29) is 12.5 Å². The van der Waals surface area contributed by atoms with Gasteiger partial charge in [-0.05, 0) is 62.4 Å². The number of carbonyl (C=O) groups is 2. The molecule has 0 spiro atoms. The summed E-state index contributed by atoms with van der Waals surface area (Å²) in [6, 6.07) is 7.78. The number of thiophene rings is 1. The lowest BCUT2D eigenvalue weighted by Crippen LogP contribution is -2.21. The molecule has 7 heteroatoms. The Kier molecular flexibility index (Phi) is 5.09. The van der Waals surface area contributed by atoms with Gasteiger partial charge in [-0.1, -0.05) is 0 Å². The van der Waals surface area contributed by atoms with Crippen LogP contribution in [0.4, 0.5) is 5.00 Å². The molecule has 0 fully saturated rings. The number of anilines is 1. The first-order chi connectivity index (χ1) is 13.6. The number of carbonyl (C=O) groups excluding carboxylic acids is 2. The number of benzene rings is 1. The molecular weight excluding hydrogens is 374 g/mol. The quantitative estimate of drug-likeness (QED) is 0.665. The number of ether oxygens (including phenoxy) is 1. The first-order valence-electron chi connectivity index (χ1n) is 9.52. The van der Waals surface area contributed by atoms with Crippen LogP contribution in [0.2, 0.25) is 0 Å². The molecule has 4 rings (SSSR count). The Hall–Kier alpha value is -2.80. The van der Waals surface area contributed by atoms with Crippen molar-refractivity contribution in [3.63, 3.8) is 0 Å². The van der Waals surface area contributed by atoms with Crippen molar-refractivity contribution in [3.8, 4) is 5.75 Å². The molecule has 146 valence electrons. The standard InChI is InChI=1S/C21H23N3O3S/c1-2-27-14-7-8-16-13(11-14)9-10-24(16)12-18(25)23-21-19(20(22)26)15-5-3-4-6-17(15)28-21/h7-11H,2-6,12H2,1H3,(H2,22,26)(H,23,25). The Balaban J connectivity index is 1.54. The van der Waals surface area contributed by atoms with Gasteiger partial charge in [0.05, 0.1) is 12.2 Å². The summed E-state index contributed by atoms with van der Waals surface area (Å²) in [5, 5.41) is 4.52. The summed E-state index contributed by atoms with van der Waals surface area (Å²) in [4.78, 5) is 25.8. The summed E-state index contributed by atoms with van der Waals surface area (Å²) >= 11 is 1.48. The smallest absolute Gasteiger partial charge is 0.251 e. The summed E-state index contributed by atoms with van der Waals surface area (Å²) in [5.41, 5.74) is 8.08. The Labute approximate surface area is 167 Å². The van der Waals surface area contributed by atoms with Gasteiger partial charge in [-0.25, -0.2) is 0 Å². The van der Waals surface area contributed by atoms with E-state index < -0.39 is 5.91 Å². The van der Waals surface area contributed by atoms with Crippen LogP contribution < -0.4 is 15.8 Å². The fourth-order valence-corrected chi connectivity index (χ4v) is 5.12. The zero-order chi connectivity index (χ0) is 19.7. The molecule has 6 nitrogen and oxygen atoms in total. The van der Waals surface area contributed by atoms with Crippen molar-refractivity contribution in [1.29, 1.82) is 0 Å². The number of nitrogens with zero attached hydrogens (tertiary/aromatic N) is 1. The molecule has 0 bridgehead atoms. The minimum absolute atomic E-state index is 0.165. The maximum absolute atomic E-state index is 12.7. The lowest BCUT2D eigenvalue weighted by molar-refractivity contribution is -0.116. The zero-order valence-electron chi connectivity index (χ0n) is 15.8. The van der Waals surface area contributed by atoms with Gasteiger partial charge in [-0.2, -0.15) is 0 Å². The van der Waals surface area contributed by atoms with Crippen molar-refractivity contribution in [1.82, 2.24) is 4.57 Å². The van der Waals surface area contributed by atoms with E-state index >= 15 is 0 Å². The van der Waals surface area contributed by atoms with E-state index in [2.05, 4.69) is 5.32 Å². The SMILES string of the molecule is CCOc1ccc2c(ccn2CC(=O)Nc2sc3c(c2C(N)=O)CCCC3)c1. The summed E-state index contributed by atoms with van der Waals surface area (Å²) in [7, 11) is 0. The first kappa shape index (κ1) is 18.6. The van der Waals surface area contributed by atoms with Crippen LogP contribution in [0.5, 0.6) is 5.75 Å². The number of rotatable bonds is 6. The molecule has 0 radical (unpaired) electrons. The highest BCUT2D eigenvalue weighted by molar-refractivity contribution is 7.17. The lowest BCUT2D eigenvalue weighted by Gasteiger charge is -2.11. The van der Waals surface area contributed by atoms with E-state index in [4.69, 9.17) is 10.5 Å². The number of amides is 2. The van der Waals surface area contributed by atoms with Crippen LogP contribution in [-0.4, -0.2) is 23.0 Å². The Morgan fingerprint density at radius 1 is 1.25 bits per heavy atom. The maximum Gasteiger partial charge on any atom is 0.251 e. The minimum atomic E-state index is -0.468. The number of aromatic nitrogens is 1. The molecule has 2 aromatic heterocycles. The molecule has 28 heavy (non-hydrogen) atoms. The molecule has 3 N–H and O–H groups in total. The average molecular weight is 398 g/mol. The summed E-state index contributed by atoms with van der Waals surface area (Å²) in [6.07, 6.45) is 5.84. The van der Waals surface area contributed by atoms with Crippen LogP contribution in [0.3, 0.4) is 0 Å². The van der Waals surface area contributed by atoms with Crippen molar-refractivity contribution < 1.29 is 14.3 Å². The van der Waals surface area contributed by atoms with Crippen LogP contribution >= 0.6 is 11.3 Å². The van der Waals surface area contributed by atoms with Gasteiger partial charge in [0.15, 0.2) is 0 Å². The van der Waals surface area contributed by atoms with E-state index in [0.29, 0.717) is 17.2 Å². The predicted molar refractivity (Wildman–Crippen MR) is 111 cm³/mol. The Morgan fingerprint density at radius 2 is 2.07 bits per heavy atom. The third kappa shape index (κ3) is 3.49. The van der Waals surface area contributed by atoms with Gasteiger partial charge < -0.3 is 20.4 Å². The normalized spacial score (nSPS) is 13.3. The number of nitrogens with two attached hydrogens (primary N) is 1. The van der Waals surface area contributed by atoms with Crippen molar-refractivity contribution in [2.24, 2.45) is 5.73 Å². The van der Waals surface area contributed by atoms with E-state index in [9.17, 15) is 9.59 Å². The topological polar surface area (TPSA) is 86.3 Å². The Morgan fingerprint density at radius 3 is 2.86 bits per heavy atom. The molecular formula is C21H23N3O3S. The van der Waals surface area contributed by atoms with Crippen LogP contribution in [0.1, 0.15) is 40.6 Å². The lowest BCUT2D eigenvalue weighted by atomic mass is 9.95. The van der Waals surface area contributed by atoms with Crippen LogP contribution in [0.25, 0.3) is 10.9 Å². The molecule has 3 aromatic rings. The molecule has 1 aromatic carbocycles. The highest BCUT2D eigenvalue weighted by Gasteiger charge is 2.25. The fourth-order valence-electron chi connectivity index (χ4n) is 3.81. The van der Waals surface area contributed by atoms with E-state index in [1.807, 2.05) is 42.0 Å². The molecule has 2 heterocycles. The van der Waals surface area contributed by atoms with Crippen molar-refractivity contribution >= 4 is 39.1 Å². The number of nitrogens with one attached hydrogen (secondary N) is 1. The van der Waals surface area contributed by atoms with Gasteiger partial charge in [0.1, 0.15) is 17.3 Å². The van der Waals surface area contributed by atoms with Gasteiger partial charge in [0.2, 0.25) is 5.91 Å². The van der Waals surface area contributed by atoms with E-state index in [1.165, 1.54) is 16.2 Å². The largest absolute Gasteiger partial charge is 0.494 e. The molecule has 0 atom stereocenters. The monoisotopic (exact) mass is 397 g/mol. The fraction of sp³-hybridized carbons (Fsp3) is 0.333. The van der Waals surface area contributed by atoms with E-state index in [1.54, 1.807) is 0 Å². The maximum atomic E-state index is 12.7. The third-order valence-corrected chi connectivity index (χ3v) is 6.25. The zero-order valence-corrected chi connectivity index (χ0v) is 16.6. The second kappa shape index (κ2) is 7.67. The molecule has 0 saturated carbocycles. The average Bonchev–Trinajstić information content (AvgIpc) is 3.22. The number of aryl methyl sites for hydroxylation is 1. The molecule has 0 saturated heterocycles. The van der Waals surface area contributed by atoms with E-state index in [0.717, 1.165) is 47.9 Å². The summed E-state index contributed by atoms with van der Waals surface area (Å²) in [5.74, 6) is 0.171. The third-order valence-electron chi connectivity index (χ3n) is 5.04.